The summed E-state index contributed by atoms with van der Waals surface area (Å²) in [6, 6.07) is 7.42. The first-order chi connectivity index (χ1) is 11.6. The lowest BCUT2D eigenvalue weighted by Crippen LogP contribution is -2.49. The minimum atomic E-state index is 0.282. The van der Waals surface area contributed by atoms with E-state index in [0.717, 1.165) is 45.0 Å². The Bertz CT molecular complexity index is 549. The summed E-state index contributed by atoms with van der Waals surface area (Å²) in [5, 5.41) is 13.4. The van der Waals surface area contributed by atoms with Crippen molar-refractivity contribution in [1.82, 2.24) is 10.2 Å². The molecule has 2 aliphatic rings. The number of nitrogens with zero attached hydrogens (tertiary/aromatic N) is 2. The summed E-state index contributed by atoms with van der Waals surface area (Å²) in [7, 11) is 0. The zero-order chi connectivity index (χ0) is 16.9. The van der Waals surface area contributed by atoms with E-state index in [1.165, 1.54) is 12.8 Å². The van der Waals surface area contributed by atoms with Gasteiger partial charge >= 0.3 is 0 Å². The molecular weight excluding hydrogens is 302 g/mol. The molecule has 2 saturated heterocycles. The number of piperazine rings is 1. The predicted octanol–water partition coefficient (Wildman–Crippen LogP) is 2.07. The third-order valence-electron chi connectivity index (χ3n) is 5.49. The molecule has 2 heterocycles. The molecule has 0 saturated carbocycles. The molecule has 0 aliphatic carbocycles. The Balaban J connectivity index is 1.49. The largest absolute Gasteiger partial charge is 0.506 e. The number of phenols is 1. The van der Waals surface area contributed by atoms with Gasteiger partial charge in [-0.15, -0.1) is 0 Å². The number of phenolic OH excluding ortho intramolecular Hbond substituents is 1. The van der Waals surface area contributed by atoms with E-state index in [2.05, 4.69) is 17.1 Å². The molecule has 132 valence electrons. The first-order valence-corrected chi connectivity index (χ1v) is 9.16. The second kappa shape index (κ2) is 7.88. The van der Waals surface area contributed by atoms with Crippen molar-refractivity contribution in [2.45, 2.75) is 26.2 Å². The van der Waals surface area contributed by atoms with Gasteiger partial charge in [-0.2, -0.15) is 0 Å². The molecule has 2 atom stereocenters. The molecule has 0 aromatic heterocycles. The maximum absolute atomic E-state index is 12.6. The van der Waals surface area contributed by atoms with Crippen molar-refractivity contribution >= 4 is 11.6 Å². The summed E-state index contributed by atoms with van der Waals surface area (Å²) in [4.78, 5) is 16.7. The number of rotatable bonds is 4. The highest BCUT2D eigenvalue weighted by molar-refractivity contribution is 5.77. The van der Waals surface area contributed by atoms with Gasteiger partial charge in [0.15, 0.2) is 0 Å². The molecule has 1 aromatic carbocycles. The highest BCUT2D eigenvalue weighted by Gasteiger charge is 2.26. The smallest absolute Gasteiger partial charge is 0.222 e. The van der Waals surface area contributed by atoms with Crippen molar-refractivity contribution < 1.29 is 9.90 Å². The average molecular weight is 331 g/mol. The van der Waals surface area contributed by atoms with Crippen LogP contribution in [0.2, 0.25) is 0 Å². The minimum absolute atomic E-state index is 0.282. The van der Waals surface area contributed by atoms with Crippen molar-refractivity contribution in [3.63, 3.8) is 0 Å². The minimum Gasteiger partial charge on any atom is -0.506 e. The molecule has 5 heteroatoms. The highest BCUT2D eigenvalue weighted by Crippen LogP contribution is 2.28. The van der Waals surface area contributed by atoms with E-state index >= 15 is 0 Å². The lowest BCUT2D eigenvalue weighted by molar-refractivity contribution is -0.132. The monoisotopic (exact) mass is 331 g/mol. The molecule has 1 aromatic rings. The normalized spacial score (nSPS) is 23.1. The van der Waals surface area contributed by atoms with E-state index in [4.69, 9.17) is 0 Å². The van der Waals surface area contributed by atoms with Crippen molar-refractivity contribution in [2.24, 2.45) is 11.8 Å². The molecular formula is C19H29N3O2. The van der Waals surface area contributed by atoms with E-state index < -0.39 is 0 Å². The van der Waals surface area contributed by atoms with Crippen molar-refractivity contribution in [3.8, 4) is 5.75 Å². The van der Waals surface area contributed by atoms with Gasteiger partial charge in [0.25, 0.3) is 0 Å². The lowest BCUT2D eigenvalue weighted by Gasteiger charge is -2.37. The van der Waals surface area contributed by atoms with Crippen molar-refractivity contribution in [2.75, 3.05) is 44.2 Å². The first kappa shape index (κ1) is 17.1. The summed E-state index contributed by atoms with van der Waals surface area (Å²) < 4.78 is 0. The third kappa shape index (κ3) is 4.01. The number of para-hydroxylation sites is 2. The van der Waals surface area contributed by atoms with Crippen molar-refractivity contribution in [1.29, 1.82) is 0 Å². The van der Waals surface area contributed by atoms with Crippen LogP contribution in [0.1, 0.15) is 26.2 Å². The number of nitrogens with one attached hydrogen (secondary N) is 1. The number of carbonyl (C=O) groups excluding carboxylic acids is 1. The summed E-state index contributed by atoms with van der Waals surface area (Å²) in [5.41, 5.74) is 0.867. The molecule has 0 bridgehead atoms. The van der Waals surface area contributed by atoms with Gasteiger partial charge in [-0.05, 0) is 49.9 Å². The van der Waals surface area contributed by atoms with Crippen LogP contribution in [0.15, 0.2) is 24.3 Å². The number of benzene rings is 1. The molecule has 2 N–H and O–H groups in total. The quantitative estimate of drug-likeness (QED) is 0.887. The summed E-state index contributed by atoms with van der Waals surface area (Å²) in [6.45, 7) is 7.42. The van der Waals surface area contributed by atoms with Crippen LogP contribution in [0.5, 0.6) is 5.75 Å². The molecule has 0 radical (unpaired) electrons. The molecule has 0 spiro atoms. The number of piperidine rings is 1. The van der Waals surface area contributed by atoms with Crippen LogP contribution in [0.4, 0.5) is 5.69 Å². The predicted molar refractivity (Wildman–Crippen MR) is 96.3 cm³/mol. The second-order valence-corrected chi connectivity index (χ2v) is 7.14. The zero-order valence-electron chi connectivity index (χ0n) is 14.6. The number of carbonyl (C=O) groups is 1. The highest BCUT2D eigenvalue weighted by atomic mass is 16.3. The Kier molecular flexibility index (Phi) is 5.61. The van der Waals surface area contributed by atoms with Crippen LogP contribution in [0.25, 0.3) is 0 Å². The topological polar surface area (TPSA) is 55.8 Å². The van der Waals surface area contributed by atoms with E-state index in [1.54, 1.807) is 6.07 Å². The Morgan fingerprint density at radius 3 is 2.71 bits per heavy atom. The standard InChI is InChI=1S/C19H29N3O2/c1-15(16-5-4-8-20-14-16)13-19(24)22-11-9-21(10-12-22)17-6-2-3-7-18(17)23/h2-3,6-7,15-16,20,23H,4-5,8-14H2,1H3. The van der Waals surface area contributed by atoms with Gasteiger partial charge in [0.05, 0.1) is 5.69 Å². The SMILES string of the molecule is CC(CC(=O)N1CCN(c2ccccc2O)CC1)C1CCCNC1. The van der Waals surface area contributed by atoms with Crippen LogP contribution in [-0.4, -0.2) is 55.2 Å². The molecule has 2 aliphatic heterocycles. The third-order valence-corrected chi connectivity index (χ3v) is 5.49. The van der Waals surface area contributed by atoms with E-state index in [9.17, 15) is 9.90 Å². The summed E-state index contributed by atoms with van der Waals surface area (Å²) >= 11 is 0. The fraction of sp³-hybridized carbons (Fsp3) is 0.632. The first-order valence-electron chi connectivity index (χ1n) is 9.16. The van der Waals surface area contributed by atoms with Gasteiger partial charge in [0.1, 0.15) is 5.75 Å². The van der Waals surface area contributed by atoms with Gasteiger partial charge in [-0.3, -0.25) is 4.79 Å². The van der Waals surface area contributed by atoms with Crippen LogP contribution in [-0.2, 0) is 4.79 Å². The molecule has 5 nitrogen and oxygen atoms in total. The molecule has 2 fully saturated rings. The summed E-state index contributed by atoms with van der Waals surface area (Å²) in [6.07, 6.45) is 3.12. The number of hydrogen-bond acceptors (Lipinski definition) is 4. The van der Waals surface area contributed by atoms with E-state index in [-0.39, 0.29) is 5.91 Å². The maximum atomic E-state index is 12.6. The maximum Gasteiger partial charge on any atom is 0.222 e. The van der Waals surface area contributed by atoms with E-state index in [0.29, 0.717) is 24.0 Å². The van der Waals surface area contributed by atoms with Gasteiger partial charge in [0.2, 0.25) is 5.91 Å². The molecule has 24 heavy (non-hydrogen) atoms. The van der Waals surface area contributed by atoms with Gasteiger partial charge < -0.3 is 20.2 Å². The zero-order valence-corrected chi connectivity index (χ0v) is 14.6. The van der Waals surface area contributed by atoms with Crippen LogP contribution in [0.3, 0.4) is 0 Å². The van der Waals surface area contributed by atoms with Gasteiger partial charge in [0, 0.05) is 32.6 Å². The Labute approximate surface area is 144 Å². The number of anilines is 1. The Morgan fingerprint density at radius 2 is 2.04 bits per heavy atom. The van der Waals surface area contributed by atoms with Crippen LogP contribution in [0, 0.1) is 11.8 Å². The molecule has 3 rings (SSSR count). The molecule has 2 unspecified atom stereocenters. The number of hydrogen-bond donors (Lipinski definition) is 2. The van der Waals surface area contributed by atoms with Gasteiger partial charge in [-0.25, -0.2) is 0 Å². The fourth-order valence-corrected chi connectivity index (χ4v) is 3.86. The fourth-order valence-electron chi connectivity index (χ4n) is 3.86. The van der Waals surface area contributed by atoms with Crippen LogP contribution >= 0.6 is 0 Å². The summed E-state index contributed by atoms with van der Waals surface area (Å²) in [5.74, 6) is 1.67. The molecule has 1 amide bonds. The lowest BCUT2D eigenvalue weighted by atomic mass is 9.85. The van der Waals surface area contributed by atoms with Crippen LogP contribution < -0.4 is 10.2 Å². The second-order valence-electron chi connectivity index (χ2n) is 7.14. The Morgan fingerprint density at radius 1 is 1.29 bits per heavy atom. The van der Waals surface area contributed by atoms with Crippen molar-refractivity contribution in [3.05, 3.63) is 24.3 Å². The Hall–Kier alpha value is -1.75. The average Bonchev–Trinajstić information content (AvgIpc) is 2.63. The number of amides is 1. The van der Waals surface area contributed by atoms with E-state index in [1.807, 2.05) is 23.1 Å². The number of aromatic hydroxyl groups is 1. The van der Waals surface area contributed by atoms with Gasteiger partial charge in [-0.1, -0.05) is 19.1 Å².